The van der Waals surface area contributed by atoms with Crippen molar-refractivity contribution in [2.45, 2.75) is 77.2 Å². The molecule has 0 aromatic heterocycles. The van der Waals surface area contributed by atoms with Gasteiger partial charge in [0.2, 0.25) is 0 Å². The second-order valence-corrected chi connectivity index (χ2v) is 11.5. The quantitative estimate of drug-likeness (QED) is 0.619. The maximum absolute atomic E-state index is 13.3. The fourth-order valence-electron chi connectivity index (χ4n) is 8.61. The van der Waals surface area contributed by atoms with Crippen molar-refractivity contribution in [1.29, 1.82) is 0 Å². The Morgan fingerprint density at radius 1 is 1.16 bits per heavy atom. The molecule has 0 amide bonds. The predicted molar refractivity (Wildman–Crippen MR) is 119 cm³/mol. The van der Waals surface area contributed by atoms with Crippen LogP contribution in [0.25, 0.3) is 0 Å². The highest BCUT2D eigenvalue weighted by molar-refractivity contribution is 5.85. The summed E-state index contributed by atoms with van der Waals surface area (Å²) in [4.78, 5) is 13.3. The van der Waals surface area contributed by atoms with Crippen LogP contribution in [0, 0.1) is 40.9 Å². The van der Waals surface area contributed by atoms with Crippen LogP contribution in [0.1, 0.15) is 71.6 Å². The molecule has 0 radical (unpaired) electrons. The number of amidine groups is 1. The van der Waals surface area contributed by atoms with Gasteiger partial charge in [-0.15, -0.1) is 10.2 Å². The zero-order valence-corrected chi connectivity index (χ0v) is 19.4. The maximum atomic E-state index is 13.3. The SMILES string of the molecule is COC[C@@]1(O)CC[C@H]2[C@H](CC[C@@H]3[C@@H]2CC[C@]2(C)[C@@H](C(=O)CN4NN=C(C)N4)CC[C@@H]32)C1. The summed E-state index contributed by atoms with van der Waals surface area (Å²) in [7, 11) is 1.70. The molecule has 4 fully saturated rings. The Morgan fingerprint density at radius 3 is 2.71 bits per heavy atom. The molecule has 5 rings (SSSR count). The van der Waals surface area contributed by atoms with E-state index in [1.54, 1.807) is 12.2 Å². The summed E-state index contributed by atoms with van der Waals surface area (Å²) in [5.74, 6) is 4.95. The van der Waals surface area contributed by atoms with Gasteiger partial charge in [-0.1, -0.05) is 6.92 Å². The minimum absolute atomic E-state index is 0.145. The Labute approximate surface area is 186 Å². The van der Waals surface area contributed by atoms with Crippen molar-refractivity contribution in [3.05, 3.63) is 0 Å². The first-order valence-corrected chi connectivity index (χ1v) is 12.4. The predicted octanol–water partition coefficient (Wildman–Crippen LogP) is 2.86. The molecule has 8 atom stereocenters. The van der Waals surface area contributed by atoms with Crippen LogP contribution in [0.2, 0.25) is 0 Å². The zero-order chi connectivity index (χ0) is 21.8. The van der Waals surface area contributed by atoms with E-state index in [0.717, 1.165) is 49.3 Å². The fraction of sp³-hybridized carbons (Fsp3) is 0.917. The number of Topliss-reactive ketones (excluding diaryl/α,β-unsaturated/α-hetero) is 1. The summed E-state index contributed by atoms with van der Waals surface area (Å²) in [6.45, 7) is 5.15. The molecule has 0 bridgehead atoms. The van der Waals surface area contributed by atoms with Gasteiger partial charge >= 0.3 is 0 Å². The molecule has 3 N–H and O–H groups in total. The van der Waals surface area contributed by atoms with Gasteiger partial charge in [-0.05, 0) is 99.7 Å². The molecule has 0 aromatic rings. The van der Waals surface area contributed by atoms with Crippen molar-refractivity contribution in [1.82, 2.24) is 16.1 Å². The van der Waals surface area contributed by atoms with Crippen molar-refractivity contribution in [2.75, 3.05) is 20.3 Å². The number of hydrazone groups is 1. The molecule has 174 valence electrons. The van der Waals surface area contributed by atoms with E-state index < -0.39 is 5.60 Å². The van der Waals surface area contributed by atoms with Crippen molar-refractivity contribution >= 4 is 11.6 Å². The third-order valence-electron chi connectivity index (χ3n) is 9.85. The summed E-state index contributed by atoms with van der Waals surface area (Å²) in [5.41, 5.74) is 5.53. The number of ether oxygens (including phenoxy) is 1. The molecule has 1 heterocycles. The van der Waals surface area contributed by atoms with Gasteiger partial charge in [0.15, 0.2) is 5.78 Å². The Morgan fingerprint density at radius 2 is 1.97 bits per heavy atom. The van der Waals surface area contributed by atoms with E-state index in [0.29, 0.717) is 30.8 Å². The minimum atomic E-state index is -0.615. The molecular formula is C24H40N4O3. The van der Waals surface area contributed by atoms with Gasteiger partial charge in [0.05, 0.1) is 18.8 Å². The van der Waals surface area contributed by atoms with Crippen LogP contribution in [-0.2, 0) is 9.53 Å². The van der Waals surface area contributed by atoms with Gasteiger partial charge in [-0.25, -0.2) is 5.53 Å². The summed E-state index contributed by atoms with van der Waals surface area (Å²) in [5, 5.41) is 16.8. The number of aliphatic hydroxyl groups is 1. The molecule has 4 aliphatic carbocycles. The zero-order valence-electron chi connectivity index (χ0n) is 19.4. The normalized spacial score (nSPS) is 46.9. The first-order chi connectivity index (χ1) is 14.8. The molecule has 7 heteroatoms. The molecule has 7 nitrogen and oxygen atoms in total. The number of nitrogens with zero attached hydrogens (tertiary/aromatic N) is 2. The monoisotopic (exact) mass is 432 g/mol. The highest BCUT2D eigenvalue weighted by Crippen LogP contribution is 2.64. The molecule has 5 aliphatic rings. The number of fused-ring (bicyclic) bond motifs is 5. The average molecular weight is 433 g/mol. The van der Waals surface area contributed by atoms with Crippen LogP contribution in [0.5, 0.6) is 0 Å². The van der Waals surface area contributed by atoms with E-state index >= 15 is 0 Å². The van der Waals surface area contributed by atoms with Gasteiger partial charge in [-0.3, -0.25) is 10.2 Å². The third kappa shape index (κ3) is 3.70. The first-order valence-electron chi connectivity index (χ1n) is 12.4. The van der Waals surface area contributed by atoms with Crippen molar-refractivity contribution in [3.63, 3.8) is 0 Å². The highest BCUT2D eigenvalue weighted by atomic mass is 16.5. The summed E-state index contributed by atoms with van der Waals surface area (Å²) < 4.78 is 5.33. The Kier molecular flexibility index (Phi) is 5.58. The van der Waals surface area contributed by atoms with Gasteiger partial charge in [-0.2, -0.15) is 0 Å². The van der Waals surface area contributed by atoms with Crippen LogP contribution in [0.3, 0.4) is 0 Å². The number of methoxy groups -OCH3 is 1. The molecule has 0 aromatic carbocycles. The van der Waals surface area contributed by atoms with Crippen LogP contribution in [0.15, 0.2) is 5.10 Å². The summed E-state index contributed by atoms with van der Waals surface area (Å²) >= 11 is 0. The molecule has 0 unspecified atom stereocenters. The maximum Gasteiger partial charge on any atom is 0.154 e. The summed E-state index contributed by atoms with van der Waals surface area (Å²) in [6, 6.07) is 0. The lowest BCUT2D eigenvalue weighted by molar-refractivity contribution is -0.137. The molecule has 4 saturated carbocycles. The second-order valence-electron chi connectivity index (χ2n) is 11.5. The minimum Gasteiger partial charge on any atom is -0.387 e. The van der Waals surface area contributed by atoms with E-state index in [1.165, 1.54) is 32.1 Å². The number of carbonyl (C=O) groups excluding carboxylic acids is 1. The molecule has 0 saturated heterocycles. The number of carbonyl (C=O) groups is 1. The number of rotatable bonds is 5. The van der Waals surface area contributed by atoms with Crippen molar-refractivity contribution in [3.8, 4) is 0 Å². The summed E-state index contributed by atoms with van der Waals surface area (Å²) in [6.07, 6.45) is 10.1. The van der Waals surface area contributed by atoms with E-state index in [9.17, 15) is 9.90 Å². The topological polar surface area (TPSA) is 86.2 Å². The number of hydrogen-bond donors (Lipinski definition) is 3. The van der Waals surface area contributed by atoms with E-state index in [-0.39, 0.29) is 11.3 Å². The first kappa shape index (κ1) is 21.7. The van der Waals surface area contributed by atoms with Gasteiger partial charge < -0.3 is 9.84 Å². The lowest BCUT2D eigenvalue weighted by Gasteiger charge is -2.57. The third-order valence-corrected chi connectivity index (χ3v) is 9.85. The van der Waals surface area contributed by atoms with E-state index in [4.69, 9.17) is 4.74 Å². The van der Waals surface area contributed by atoms with Crippen LogP contribution >= 0.6 is 0 Å². The number of hydrogen-bond acceptors (Lipinski definition) is 7. The van der Waals surface area contributed by atoms with Gasteiger partial charge in [0.25, 0.3) is 0 Å². The van der Waals surface area contributed by atoms with Gasteiger partial charge in [0, 0.05) is 13.0 Å². The fourth-order valence-corrected chi connectivity index (χ4v) is 8.61. The largest absolute Gasteiger partial charge is 0.387 e. The lowest BCUT2D eigenvalue weighted by Crippen LogP contribution is -2.53. The Hall–Kier alpha value is -1.18. The number of nitrogens with one attached hydrogen (secondary N) is 2. The molecular weight excluding hydrogens is 392 g/mol. The van der Waals surface area contributed by atoms with E-state index in [1.807, 2.05) is 6.92 Å². The lowest BCUT2D eigenvalue weighted by atomic mass is 9.49. The van der Waals surface area contributed by atoms with Gasteiger partial charge in [0.1, 0.15) is 5.84 Å². The Bertz CT molecular complexity index is 744. The highest BCUT2D eigenvalue weighted by Gasteiger charge is 2.59. The standard InChI is InChI=1S/C24H40N4O3/c1-15-25-27-28(26-15)13-22(29)21-7-6-20-19-5-4-16-12-24(30,14-31-3)11-9-17(16)18(19)8-10-23(20,21)2/h16-21,27,30H,4-14H2,1-3H3,(H,25,26)/t16-,17+,18-,19-,20+,21-,23+,24-/m1/s1. The van der Waals surface area contributed by atoms with Crippen LogP contribution in [0.4, 0.5) is 0 Å². The second kappa shape index (κ2) is 7.99. The number of hydrazine groups is 2. The van der Waals surface area contributed by atoms with Crippen LogP contribution < -0.4 is 11.0 Å². The van der Waals surface area contributed by atoms with Crippen molar-refractivity contribution < 1.29 is 14.6 Å². The van der Waals surface area contributed by atoms with Crippen molar-refractivity contribution in [2.24, 2.45) is 46.0 Å². The van der Waals surface area contributed by atoms with Crippen LogP contribution in [-0.4, -0.2) is 47.7 Å². The Balaban J connectivity index is 1.26. The average Bonchev–Trinajstić information content (AvgIpc) is 3.29. The molecule has 31 heavy (non-hydrogen) atoms. The smallest absolute Gasteiger partial charge is 0.154 e. The number of ketones is 1. The van der Waals surface area contributed by atoms with E-state index in [2.05, 4.69) is 23.0 Å². The molecule has 1 aliphatic heterocycles. The molecule has 0 spiro atoms.